The average Bonchev–Trinajstić information content (AvgIpc) is 2.86. The first kappa shape index (κ1) is 29.6. The number of hydrogen-bond donors (Lipinski definition) is 3. The van der Waals surface area contributed by atoms with E-state index in [-0.39, 0.29) is 24.4 Å². The Morgan fingerprint density at radius 1 is 0.946 bits per heavy atom. The number of alkyl halides is 3. The van der Waals surface area contributed by atoms with Crippen LogP contribution in [0.3, 0.4) is 0 Å². The van der Waals surface area contributed by atoms with Crippen molar-refractivity contribution < 1.29 is 37.1 Å². The van der Waals surface area contributed by atoms with Crippen LogP contribution >= 0.6 is 11.8 Å². The van der Waals surface area contributed by atoms with Crippen molar-refractivity contribution in [3.05, 3.63) is 65.7 Å². The number of benzene rings is 2. The van der Waals surface area contributed by atoms with Gasteiger partial charge in [0.2, 0.25) is 17.6 Å². The lowest BCUT2D eigenvalue weighted by Gasteiger charge is -2.19. The molecular weight excluding hydrogens is 511 g/mol. The van der Waals surface area contributed by atoms with Crippen molar-refractivity contribution >= 4 is 46.7 Å². The van der Waals surface area contributed by atoms with Crippen molar-refractivity contribution in [2.24, 2.45) is 0 Å². The molecule has 37 heavy (non-hydrogen) atoms. The van der Waals surface area contributed by atoms with E-state index in [0.29, 0.717) is 16.8 Å². The lowest BCUT2D eigenvalue weighted by Crippen LogP contribution is -2.47. The quantitative estimate of drug-likeness (QED) is 0.266. The van der Waals surface area contributed by atoms with Gasteiger partial charge < -0.3 is 16.0 Å². The molecule has 0 bridgehead atoms. The Kier molecular flexibility index (Phi) is 11.3. The summed E-state index contributed by atoms with van der Waals surface area (Å²) in [6, 6.07) is 13.3. The maximum atomic E-state index is 12.9. The van der Waals surface area contributed by atoms with Crippen molar-refractivity contribution in [2.75, 3.05) is 23.4 Å². The molecule has 0 heterocycles. The van der Waals surface area contributed by atoms with Crippen molar-refractivity contribution in [3.8, 4) is 0 Å². The fourth-order valence-electron chi connectivity index (χ4n) is 3.05. The van der Waals surface area contributed by atoms with E-state index in [0.717, 1.165) is 11.8 Å². The van der Waals surface area contributed by atoms with E-state index in [2.05, 4.69) is 16.0 Å². The van der Waals surface area contributed by atoms with Crippen LogP contribution in [0.25, 0.3) is 0 Å². The molecule has 0 unspecified atom stereocenters. The molecule has 0 saturated carbocycles. The zero-order valence-corrected chi connectivity index (χ0v) is 20.7. The number of thioether (sulfide) groups is 1. The van der Waals surface area contributed by atoms with Gasteiger partial charge in [0.05, 0.1) is 12.3 Å². The van der Waals surface area contributed by atoms with Gasteiger partial charge in [0, 0.05) is 16.8 Å². The maximum absolute atomic E-state index is 12.9. The molecule has 8 nitrogen and oxygen atoms in total. The third-order valence-corrected chi connectivity index (χ3v) is 6.01. The summed E-state index contributed by atoms with van der Waals surface area (Å²) >= 11 is 0.773. The van der Waals surface area contributed by atoms with Crippen LogP contribution in [0.4, 0.5) is 18.9 Å². The molecule has 2 aromatic rings. The number of hydrogen-bond acceptors (Lipinski definition) is 6. The van der Waals surface area contributed by atoms with Crippen LogP contribution in [-0.2, 0) is 14.4 Å². The molecule has 0 aromatic heterocycles. The zero-order chi connectivity index (χ0) is 27.4. The second-order valence-corrected chi connectivity index (χ2v) is 9.02. The van der Waals surface area contributed by atoms with E-state index in [1.807, 2.05) is 0 Å². The van der Waals surface area contributed by atoms with Crippen LogP contribution in [-0.4, -0.2) is 59.6 Å². The number of carbonyl (C=O) groups is 5. The summed E-state index contributed by atoms with van der Waals surface area (Å²) in [5.74, 6) is -4.40. The van der Waals surface area contributed by atoms with Crippen LogP contribution in [0.2, 0.25) is 0 Å². The molecule has 3 N–H and O–H groups in total. The number of halogens is 3. The normalized spacial score (nSPS) is 11.8. The predicted molar refractivity (Wildman–Crippen MR) is 133 cm³/mol. The highest BCUT2D eigenvalue weighted by Crippen LogP contribution is 2.19. The van der Waals surface area contributed by atoms with Gasteiger partial charge in [0.1, 0.15) is 6.04 Å². The topological polar surface area (TPSA) is 121 Å². The first-order chi connectivity index (χ1) is 17.5. The van der Waals surface area contributed by atoms with Crippen LogP contribution < -0.4 is 16.0 Å². The first-order valence-corrected chi connectivity index (χ1v) is 12.3. The Labute approximate surface area is 215 Å². The van der Waals surface area contributed by atoms with Crippen molar-refractivity contribution in [3.63, 3.8) is 0 Å². The molecule has 12 heteroatoms. The van der Waals surface area contributed by atoms with E-state index in [1.54, 1.807) is 48.5 Å². The number of rotatable bonds is 13. The lowest BCUT2D eigenvalue weighted by atomic mass is 10.1. The van der Waals surface area contributed by atoms with Gasteiger partial charge in [-0.15, -0.1) is 0 Å². The molecule has 0 radical (unpaired) electrons. The Bertz CT molecular complexity index is 1130. The molecule has 0 aliphatic carbocycles. The van der Waals surface area contributed by atoms with Gasteiger partial charge in [-0.05, 0) is 49.8 Å². The summed E-state index contributed by atoms with van der Waals surface area (Å²) in [7, 11) is 0. The second kappa shape index (κ2) is 14.2. The second-order valence-electron chi connectivity index (χ2n) is 7.91. The van der Waals surface area contributed by atoms with Gasteiger partial charge in [-0.2, -0.15) is 24.9 Å². The van der Waals surface area contributed by atoms with Gasteiger partial charge in [-0.3, -0.25) is 24.0 Å². The van der Waals surface area contributed by atoms with E-state index in [4.69, 9.17) is 0 Å². The summed E-state index contributed by atoms with van der Waals surface area (Å²) in [4.78, 5) is 60.1. The fourth-order valence-corrected chi connectivity index (χ4v) is 3.91. The Hall–Kier alpha value is -3.67. The summed E-state index contributed by atoms with van der Waals surface area (Å²) in [6.45, 7) is 0.959. The van der Waals surface area contributed by atoms with Crippen molar-refractivity contribution in [1.82, 2.24) is 10.6 Å². The van der Waals surface area contributed by atoms with Crippen LogP contribution in [0.15, 0.2) is 54.6 Å². The van der Waals surface area contributed by atoms with Crippen LogP contribution in [0.5, 0.6) is 0 Å². The highest BCUT2D eigenvalue weighted by Gasteiger charge is 2.37. The molecule has 0 aliphatic heterocycles. The Balaban J connectivity index is 1.98. The monoisotopic (exact) mass is 537 g/mol. The van der Waals surface area contributed by atoms with Gasteiger partial charge in [0.25, 0.3) is 5.91 Å². The minimum atomic E-state index is -4.90. The lowest BCUT2D eigenvalue weighted by molar-refractivity contribution is -0.167. The highest BCUT2D eigenvalue weighted by molar-refractivity contribution is 7.99. The number of ketones is 2. The molecule has 2 rings (SSSR count). The summed E-state index contributed by atoms with van der Waals surface area (Å²) < 4.78 is 37.0. The molecule has 198 valence electrons. The van der Waals surface area contributed by atoms with Gasteiger partial charge >= 0.3 is 6.18 Å². The smallest absolute Gasteiger partial charge is 0.343 e. The molecule has 0 saturated heterocycles. The highest BCUT2D eigenvalue weighted by atomic mass is 32.2. The third-order valence-electron chi connectivity index (χ3n) is 4.96. The molecule has 2 aromatic carbocycles. The van der Waals surface area contributed by atoms with Crippen LogP contribution in [0, 0.1) is 0 Å². The van der Waals surface area contributed by atoms with Gasteiger partial charge in [-0.1, -0.05) is 30.3 Å². The number of anilines is 1. The molecule has 0 fully saturated rings. The SMILES string of the molecule is CC(=O)c1cccc(NC(=O)[C@H](CCCSCC(=O)C(F)(F)F)NC(=O)CNC(=O)c2ccccc2)c1. The number of amides is 3. The largest absolute Gasteiger partial charge is 0.450 e. The van der Waals surface area contributed by atoms with E-state index < -0.39 is 48.0 Å². The maximum Gasteiger partial charge on any atom is 0.450 e. The predicted octanol–water partition coefficient (Wildman–Crippen LogP) is 3.39. The molecule has 3 amide bonds. The van der Waals surface area contributed by atoms with E-state index >= 15 is 0 Å². The number of nitrogens with one attached hydrogen (secondary N) is 3. The van der Waals surface area contributed by atoms with E-state index in [1.165, 1.54) is 13.0 Å². The number of Topliss-reactive ketones (excluding diaryl/α,β-unsaturated/α-hetero) is 2. The van der Waals surface area contributed by atoms with Crippen molar-refractivity contribution in [1.29, 1.82) is 0 Å². The molecule has 0 aliphatic rings. The van der Waals surface area contributed by atoms with Crippen molar-refractivity contribution in [2.45, 2.75) is 32.0 Å². The summed E-state index contributed by atoms with van der Waals surface area (Å²) in [5.41, 5.74) is 1.03. The van der Waals surface area contributed by atoms with Crippen LogP contribution in [0.1, 0.15) is 40.5 Å². The minimum absolute atomic E-state index is 0.0593. The Morgan fingerprint density at radius 2 is 1.62 bits per heavy atom. The zero-order valence-electron chi connectivity index (χ0n) is 19.9. The first-order valence-electron chi connectivity index (χ1n) is 11.2. The number of carbonyl (C=O) groups excluding carboxylic acids is 5. The molecule has 0 spiro atoms. The van der Waals surface area contributed by atoms with Gasteiger partial charge in [0.15, 0.2) is 5.78 Å². The Morgan fingerprint density at radius 3 is 2.27 bits per heavy atom. The van der Waals surface area contributed by atoms with Gasteiger partial charge in [-0.25, -0.2) is 0 Å². The third kappa shape index (κ3) is 10.5. The fraction of sp³-hybridized carbons (Fsp3) is 0.320. The average molecular weight is 538 g/mol. The summed E-state index contributed by atoms with van der Waals surface area (Å²) in [5, 5.41) is 7.57. The molecular formula is C25H26F3N3O5S. The standard InChI is InChI=1S/C25H26F3N3O5S/c1-16(32)18-9-5-10-19(13-18)30-24(36)20(11-6-12-37-15-21(33)25(26,27)28)31-22(34)14-29-23(35)17-7-3-2-4-8-17/h2-5,7-10,13,20H,6,11-12,14-15H2,1H3,(H,29,35)(H,30,36)(H,31,34)/t20-/m0/s1. The van der Waals surface area contributed by atoms with E-state index in [9.17, 15) is 37.1 Å². The summed E-state index contributed by atoms with van der Waals surface area (Å²) in [6.07, 6.45) is -4.62. The minimum Gasteiger partial charge on any atom is -0.343 e. The molecule has 1 atom stereocenters.